The third kappa shape index (κ3) is 4.96. The monoisotopic (exact) mass is 426 g/mol. The zero-order chi connectivity index (χ0) is 22.3. The molecule has 3 aromatic carbocycles. The summed E-state index contributed by atoms with van der Waals surface area (Å²) in [6.07, 6.45) is 2.50. The van der Waals surface area contributed by atoms with E-state index in [0.717, 1.165) is 6.08 Å². The Morgan fingerprint density at radius 2 is 1.62 bits per heavy atom. The van der Waals surface area contributed by atoms with E-state index in [1.54, 1.807) is 60.7 Å². The summed E-state index contributed by atoms with van der Waals surface area (Å²) in [5.74, 6) is -1.27. The molecule has 4 aromatic rings. The number of nitrogens with one attached hydrogen (secondary N) is 1. The number of rotatable bonds is 7. The summed E-state index contributed by atoms with van der Waals surface area (Å²) in [5.41, 5.74) is 2.45. The maximum absolute atomic E-state index is 12.7. The first-order chi connectivity index (χ1) is 15.6. The van der Waals surface area contributed by atoms with Crippen LogP contribution in [0.2, 0.25) is 0 Å². The maximum atomic E-state index is 12.7. The Hall–Kier alpha value is -4.52. The average molecular weight is 426 g/mol. The zero-order valence-corrected chi connectivity index (χ0v) is 16.9. The van der Waals surface area contributed by atoms with Gasteiger partial charge in [-0.05, 0) is 24.3 Å². The first kappa shape index (κ1) is 20.7. The molecule has 158 valence electrons. The molecule has 0 bridgehead atoms. The van der Waals surface area contributed by atoms with Crippen molar-refractivity contribution in [2.24, 2.45) is 0 Å². The van der Waals surface area contributed by atoms with Crippen molar-refractivity contribution in [3.8, 4) is 0 Å². The van der Waals surface area contributed by atoms with E-state index < -0.39 is 18.5 Å². The van der Waals surface area contributed by atoms with Gasteiger partial charge in [-0.3, -0.25) is 9.59 Å². The Morgan fingerprint density at radius 1 is 0.906 bits per heavy atom. The van der Waals surface area contributed by atoms with E-state index in [0.29, 0.717) is 27.9 Å². The van der Waals surface area contributed by atoms with Crippen molar-refractivity contribution in [3.05, 3.63) is 102 Å². The van der Waals surface area contributed by atoms with Gasteiger partial charge in [-0.2, -0.15) is 0 Å². The highest BCUT2D eigenvalue weighted by atomic mass is 16.5. The number of carbonyl (C=O) groups is 3. The number of para-hydroxylation sites is 3. The Kier molecular flexibility index (Phi) is 6.17. The van der Waals surface area contributed by atoms with Crippen molar-refractivity contribution in [2.45, 2.75) is 0 Å². The van der Waals surface area contributed by atoms with Gasteiger partial charge < -0.3 is 14.5 Å². The van der Waals surface area contributed by atoms with E-state index in [4.69, 9.17) is 9.15 Å². The number of ketones is 1. The molecule has 0 unspecified atom stereocenters. The Bertz CT molecular complexity index is 1280. The Morgan fingerprint density at radius 3 is 2.44 bits per heavy atom. The van der Waals surface area contributed by atoms with Crippen LogP contribution in [0.25, 0.3) is 17.2 Å². The summed E-state index contributed by atoms with van der Waals surface area (Å²) in [4.78, 5) is 41.2. The summed E-state index contributed by atoms with van der Waals surface area (Å²) in [6, 6.07) is 22.6. The van der Waals surface area contributed by atoms with Crippen LogP contribution in [0.3, 0.4) is 0 Å². The molecule has 0 aliphatic heterocycles. The minimum Gasteiger partial charge on any atom is -0.452 e. The van der Waals surface area contributed by atoms with Crippen LogP contribution in [-0.4, -0.2) is 29.3 Å². The lowest BCUT2D eigenvalue weighted by atomic mass is 10.0. The van der Waals surface area contributed by atoms with Gasteiger partial charge in [-0.25, -0.2) is 9.78 Å². The average Bonchev–Trinajstić information content (AvgIpc) is 3.25. The maximum Gasteiger partial charge on any atom is 0.331 e. The quantitative estimate of drug-likeness (QED) is 0.269. The van der Waals surface area contributed by atoms with Crippen LogP contribution < -0.4 is 5.32 Å². The second-order valence-corrected chi connectivity index (χ2v) is 6.75. The lowest BCUT2D eigenvalue weighted by Gasteiger charge is -2.10. The van der Waals surface area contributed by atoms with Gasteiger partial charge in [0.05, 0.1) is 5.69 Å². The molecule has 0 aliphatic rings. The fourth-order valence-corrected chi connectivity index (χ4v) is 3.01. The summed E-state index contributed by atoms with van der Waals surface area (Å²) < 4.78 is 10.4. The molecule has 1 N–H and O–H groups in total. The number of benzene rings is 3. The summed E-state index contributed by atoms with van der Waals surface area (Å²) in [5, 5.41) is 2.62. The number of oxazole rings is 1. The Balaban J connectivity index is 1.35. The minimum absolute atomic E-state index is 0.222. The van der Waals surface area contributed by atoms with E-state index >= 15 is 0 Å². The third-order valence-corrected chi connectivity index (χ3v) is 4.50. The fraction of sp³-hybridized carbons (Fsp3) is 0.0400. The van der Waals surface area contributed by atoms with Crippen LogP contribution in [-0.2, 0) is 14.3 Å². The normalized spacial score (nSPS) is 10.9. The fourth-order valence-electron chi connectivity index (χ4n) is 3.01. The molecule has 32 heavy (non-hydrogen) atoms. The highest BCUT2D eigenvalue weighted by molar-refractivity contribution is 6.13. The number of esters is 1. The molecule has 7 nitrogen and oxygen atoms in total. The van der Waals surface area contributed by atoms with Crippen molar-refractivity contribution >= 4 is 40.5 Å². The standard InChI is InChI=1S/C25H18N2O5/c28-22(16-31-24(29)15-14-23-27-20-12-6-7-13-21(20)32-23)26-19-11-5-4-10-18(19)25(30)17-8-2-1-3-9-17/h1-15H,16H2,(H,26,28)/b15-14+. The Labute approximate surface area is 183 Å². The van der Waals surface area contributed by atoms with Crippen LogP contribution in [0.15, 0.2) is 89.4 Å². The van der Waals surface area contributed by atoms with Crippen LogP contribution in [0.5, 0.6) is 0 Å². The van der Waals surface area contributed by atoms with E-state index in [1.807, 2.05) is 18.2 Å². The number of nitrogens with zero attached hydrogens (tertiary/aromatic N) is 1. The van der Waals surface area contributed by atoms with Crippen molar-refractivity contribution in [2.75, 3.05) is 11.9 Å². The third-order valence-electron chi connectivity index (χ3n) is 4.50. The van der Waals surface area contributed by atoms with Crippen molar-refractivity contribution < 1.29 is 23.5 Å². The molecule has 1 heterocycles. The molecule has 0 saturated heterocycles. The van der Waals surface area contributed by atoms with Crippen LogP contribution in [0, 0.1) is 0 Å². The SMILES string of the molecule is O=C(COC(=O)/C=C/c1nc2ccccc2o1)Nc1ccccc1C(=O)c1ccccc1. The van der Waals surface area contributed by atoms with Gasteiger partial charge in [-0.15, -0.1) is 0 Å². The van der Waals surface area contributed by atoms with Crippen LogP contribution in [0.1, 0.15) is 21.8 Å². The van der Waals surface area contributed by atoms with Gasteiger partial charge >= 0.3 is 5.97 Å². The van der Waals surface area contributed by atoms with Gasteiger partial charge in [0.2, 0.25) is 5.89 Å². The summed E-state index contributed by atoms with van der Waals surface area (Å²) in [6.45, 7) is -0.509. The van der Waals surface area contributed by atoms with Crippen molar-refractivity contribution in [1.29, 1.82) is 0 Å². The van der Waals surface area contributed by atoms with Gasteiger partial charge in [0, 0.05) is 23.3 Å². The number of anilines is 1. The second-order valence-electron chi connectivity index (χ2n) is 6.75. The number of aromatic nitrogens is 1. The summed E-state index contributed by atoms with van der Waals surface area (Å²) in [7, 11) is 0. The predicted octanol–water partition coefficient (Wildman–Crippen LogP) is 4.25. The minimum atomic E-state index is -0.726. The molecular formula is C25H18N2O5. The molecule has 0 radical (unpaired) electrons. The highest BCUT2D eigenvalue weighted by Crippen LogP contribution is 2.19. The summed E-state index contributed by atoms with van der Waals surface area (Å²) >= 11 is 0. The van der Waals surface area contributed by atoms with E-state index in [-0.39, 0.29) is 11.7 Å². The molecule has 1 amide bonds. The number of carbonyl (C=O) groups excluding carboxylic acids is 3. The molecule has 0 atom stereocenters. The van der Waals surface area contributed by atoms with Gasteiger partial charge in [-0.1, -0.05) is 54.6 Å². The van der Waals surface area contributed by atoms with E-state index in [9.17, 15) is 14.4 Å². The lowest BCUT2D eigenvalue weighted by molar-refractivity contribution is -0.142. The van der Waals surface area contributed by atoms with Gasteiger partial charge in [0.25, 0.3) is 5.91 Å². The zero-order valence-electron chi connectivity index (χ0n) is 16.9. The van der Waals surface area contributed by atoms with Crippen molar-refractivity contribution in [1.82, 2.24) is 4.98 Å². The molecule has 0 fully saturated rings. The molecule has 4 rings (SSSR count). The molecule has 0 spiro atoms. The molecule has 1 aromatic heterocycles. The molecular weight excluding hydrogens is 408 g/mol. The number of amides is 1. The number of hydrogen-bond donors (Lipinski definition) is 1. The number of fused-ring (bicyclic) bond motifs is 1. The lowest BCUT2D eigenvalue weighted by Crippen LogP contribution is -2.21. The molecule has 7 heteroatoms. The molecule has 0 saturated carbocycles. The van der Waals surface area contributed by atoms with Gasteiger partial charge in [0.15, 0.2) is 18.0 Å². The number of hydrogen-bond acceptors (Lipinski definition) is 6. The predicted molar refractivity (Wildman–Crippen MR) is 119 cm³/mol. The van der Waals surface area contributed by atoms with Crippen LogP contribution in [0.4, 0.5) is 5.69 Å². The van der Waals surface area contributed by atoms with Gasteiger partial charge in [0.1, 0.15) is 5.52 Å². The molecule has 0 aliphatic carbocycles. The first-order valence-electron chi connectivity index (χ1n) is 9.79. The largest absolute Gasteiger partial charge is 0.452 e. The van der Waals surface area contributed by atoms with E-state index in [2.05, 4.69) is 10.3 Å². The number of ether oxygens (including phenoxy) is 1. The highest BCUT2D eigenvalue weighted by Gasteiger charge is 2.15. The van der Waals surface area contributed by atoms with E-state index in [1.165, 1.54) is 6.08 Å². The topological polar surface area (TPSA) is 98.5 Å². The second kappa shape index (κ2) is 9.53. The smallest absolute Gasteiger partial charge is 0.331 e. The van der Waals surface area contributed by atoms with Crippen molar-refractivity contribution in [3.63, 3.8) is 0 Å². The van der Waals surface area contributed by atoms with Crippen LogP contribution >= 0.6 is 0 Å². The first-order valence-corrected chi connectivity index (χ1v) is 9.79.